The zero-order valence-electron chi connectivity index (χ0n) is 12.2. The second-order valence-corrected chi connectivity index (χ2v) is 6.15. The highest BCUT2D eigenvalue weighted by Gasteiger charge is 2.31. The van der Waals surface area contributed by atoms with Crippen LogP contribution in [0.3, 0.4) is 0 Å². The molecule has 0 atom stereocenters. The average Bonchev–Trinajstić information content (AvgIpc) is 2.65. The summed E-state index contributed by atoms with van der Waals surface area (Å²) < 4.78 is 6.71. The number of nitrogens with two attached hydrogens (primary N) is 1. The second kappa shape index (κ2) is 4.87. The van der Waals surface area contributed by atoms with Gasteiger partial charge in [-0.05, 0) is 38.0 Å². The van der Waals surface area contributed by atoms with E-state index in [1.165, 1.54) is 20.0 Å². The molecule has 1 saturated carbocycles. The van der Waals surface area contributed by atoms with Crippen molar-refractivity contribution in [2.45, 2.75) is 52.5 Å². The van der Waals surface area contributed by atoms with Crippen molar-refractivity contribution in [2.24, 2.45) is 5.41 Å². The lowest BCUT2D eigenvalue weighted by atomic mass is 9.75. The number of nitrogens with zero attached hydrogens (tertiary/aromatic N) is 2. The predicted octanol–water partition coefficient (Wildman–Crippen LogP) is 2.70. The average molecular weight is 265 g/mol. The summed E-state index contributed by atoms with van der Waals surface area (Å²) in [5.41, 5.74) is 6.73. The van der Waals surface area contributed by atoms with Crippen LogP contribution in [0.4, 0.5) is 5.82 Å². The zero-order chi connectivity index (χ0) is 14.2. The number of esters is 1. The molecule has 1 aliphatic rings. The lowest BCUT2D eigenvalue weighted by Crippen LogP contribution is -2.25. The fourth-order valence-corrected chi connectivity index (χ4v) is 2.91. The van der Waals surface area contributed by atoms with E-state index in [4.69, 9.17) is 10.5 Å². The lowest BCUT2D eigenvalue weighted by molar-refractivity contribution is 0.0595. The third-order valence-electron chi connectivity index (χ3n) is 4.18. The van der Waals surface area contributed by atoms with Gasteiger partial charge in [0.2, 0.25) is 0 Å². The van der Waals surface area contributed by atoms with E-state index in [0.717, 1.165) is 18.7 Å². The minimum Gasteiger partial charge on any atom is -0.464 e. The zero-order valence-corrected chi connectivity index (χ0v) is 12.2. The van der Waals surface area contributed by atoms with Crippen LogP contribution >= 0.6 is 0 Å². The molecule has 0 bridgehead atoms. The molecule has 2 N–H and O–H groups in total. The molecule has 106 valence electrons. The van der Waals surface area contributed by atoms with Crippen LogP contribution in [0, 0.1) is 12.3 Å². The Labute approximate surface area is 114 Å². The van der Waals surface area contributed by atoms with Crippen molar-refractivity contribution in [3.63, 3.8) is 0 Å². The van der Waals surface area contributed by atoms with Crippen molar-refractivity contribution < 1.29 is 9.53 Å². The number of rotatable bonds is 2. The van der Waals surface area contributed by atoms with E-state index in [0.29, 0.717) is 17.3 Å². The Morgan fingerprint density at radius 2 is 2.00 bits per heavy atom. The molecule has 1 aliphatic carbocycles. The van der Waals surface area contributed by atoms with Gasteiger partial charge in [-0.15, -0.1) is 0 Å². The van der Waals surface area contributed by atoms with E-state index in [2.05, 4.69) is 18.8 Å². The summed E-state index contributed by atoms with van der Waals surface area (Å²) in [6.45, 7) is 6.49. The largest absolute Gasteiger partial charge is 0.464 e. The fourth-order valence-electron chi connectivity index (χ4n) is 2.91. The first-order chi connectivity index (χ1) is 8.85. The molecule has 0 unspecified atom stereocenters. The van der Waals surface area contributed by atoms with Gasteiger partial charge in [0.25, 0.3) is 0 Å². The Bertz CT molecular complexity index is 481. The number of methoxy groups -OCH3 is 1. The Morgan fingerprint density at radius 1 is 1.42 bits per heavy atom. The number of ether oxygens (including phenoxy) is 1. The Kier molecular flexibility index (Phi) is 3.56. The van der Waals surface area contributed by atoms with Crippen LogP contribution in [0.5, 0.6) is 0 Å². The molecular formula is C14H23N3O2. The minimum absolute atomic E-state index is 0.241. The molecule has 5 nitrogen and oxygen atoms in total. The van der Waals surface area contributed by atoms with Gasteiger partial charge in [-0.3, -0.25) is 0 Å². The van der Waals surface area contributed by atoms with Gasteiger partial charge < -0.3 is 15.0 Å². The van der Waals surface area contributed by atoms with E-state index in [1.54, 1.807) is 0 Å². The van der Waals surface area contributed by atoms with Crippen LogP contribution in [0.2, 0.25) is 0 Å². The number of carbonyl (C=O) groups is 1. The van der Waals surface area contributed by atoms with Crippen LogP contribution in [0.25, 0.3) is 0 Å². The highest BCUT2D eigenvalue weighted by molar-refractivity contribution is 5.92. The molecule has 5 heteroatoms. The lowest BCUT2D eigenvalue weighted by Gasteiger charge is -2.35. The summed E-state index contributed by atoms with van der Waals surface area (Å²) in [4.78, 5) is 15.9. The standard InChI is InChI=1S/C14H23N3O2/c1-9-16-11(13(18)19-4)12(15)17(9)10-5-7-14(2,3)8-6-10/h10H,5-8,15H2,1-4H3. The van der Waals surface area contributed by atoms with E-state index in [-0.39, 0.29) is 5.69 Å². The molecule has 1 aromatic heterocycles. The summed E-state index contributed by atoms with van der Waals surface area (Å²) >= 11 is 0. The van der Waals surface area contributed by atoms with Gasteiger partial charge >= 0.3 is 5.97 Å². The fraction of sp³-hybridized carbons (Fsp3) is 0.714. The summed E-state index contributed by atoms with van der Waals surface area (Å²) in [5, 5.41) is 0. The first kappa shape index (κ1) is 13.9. The van der Waals surface area contributed by atoms with Crippen molar-refractivity contribution in [1.29, 1.82) is 0 Å². The van der Waals surface area contributed by atoms with Gasteiger partial charge in [-0.1, -0.05) is 13.8 Å². The van der Waals surface area contributed by atoms with E-state index in [1.807, 2.05) is 11.5 Å². The van der Waals surface area contributed by atoms with Gasteiger partial charge in [0.1, 0.15) is 11.6 Å². The van der Waals surface area contributed by atoms with Crippen molar-refractivity contribution >= 4 is 11.8 Å². The highest BCUT2D eigenvalue weighted by Crippen LogP contribution is 2.41. The molecule has 0 aliphatic heterocycles. The molecule has 0 saturated heterocycles. The smallest absolute Gasteiger partial charge is 0.360 e. The van der Waals surface area contributed by atoms with Crippen LogP contribution in [0.15, 0.2) is 0 Å². The normalized spacial score (nSPS) is 19.4. The van der Waals surface area contributed by atoms with Crippen LogP contribution in [-0.2, 0) is 4.74 Å². The molecule has 0 radical (unpaired) electrons. The Morgan fingerprint density at radius 3 is 2.53 bits per heavy atom. The number of hydrogen-bond acceptors (Lipinski definition) is 4. The van der Waals surface area contributed by atoms with Gasteiger partial charge in [-0.2, -0.15) is 0 Å². The first-order valence-electron chi connectivity index (χ1n) is 6.78. The quantitative estimate of drug-likeness (QED) is 0.835. The van der Waals surface area contributed by atoms with Gasteiger partial charge in [0.15, 0.2) is 5.69 Å². The molecule has 0 amide bonds. The monoisotopic (exact) mass is 265 g/mol. The molecule has 1 fully saturated rings. The number of imidazole rings is 1. The van der Waals surface area contributed by atoms with Crippen molar-refractivity contribution in [3.8, 4) is 0 Å². The molecule has 0 aromatic carbocycles. The SMILES string of the molecule is COC(=O)c1nc(C)n(C2CCC(C)(C)CC2)c1N. The van der Waals surface area contributed by atoms with Gasteiger partial charge in [0, 0.05) is 6.04 Å². The molecular weight excluding hydrogens is 242 g/mol. The maximum Gasteiger partial charge on any atom is 0.360 e. The number of hydrogen-bond donors (Lipinski definition) is 1. The van der Waals surface area contributed by atoms with Crippen molar-refractivity contribution in [2.75, 3.05) is 12.8 Å². The summed E-state index contributed by atoms with van der Waals surface area (Å²) in [6.07, 6.45) is 4.49. The molecule has 2 rings (SSSR count). The first-order valence-corrected chi connectivity index (χ1v) is 6.78. The molecule has 19 heavy (non-hydrogen) atoms. The number of anilines is 1. The second-order valence-electron chi connectivity index (χ2n) is 6.15. The maximum atomic E-state index is 11.6. The predicted molar refractivity (Wildman–Crippen MR) is 74.0 cm³/mol. The Balaban J connectivity index is 2.26. The number of aryl methyl sites for hydroxylation is 1. The van der Waals surface area contributed by atoms with E-state index < -0.39 is 5.97 Å². The van der Waals surface area contributed by atoms with E-state index >= 15 is 0 Å². The van der Waals surface area contributed by atoms with Gasteiger partial charge in [0.05, 0.1) is 7.11 Å². The van der Waals surface area contributed by atoms with Crippen molar-refractivity contribution in [3.05, 3.63) is 11.5 Å². The summed E-state index contributed by atoms with van der Waals surface area (Å²) in [5.74, 6) is 0.771. The molecule has 1 aromatic rings. The molecule has 0 spiro atoms. The van der Waals surface area contributed by atoms with E-state index in [9.17, 15) is 4.79 Å². The minimum atomic E-state index is -0.463. The van der Waals surface area contributed by atoms with Crippen LogP contribution < -0.4 is 5.73 Å². The van der Waals surface area contributed by atoms with Crippen LogP contribution in [-0.4, -0.2) is 22.6 Å². The number of aromatic nitrogens is 2. The molecule has 1 heterocycles. The number of carbonyl (C=O) groups excluding carboxylic acids is 1. The number of nitrogen functional groups attached to an aromatic ring is 1. The summed E-state index contributed by atoms with van der Waals surface area (Å²) in [7, 11) is 1.35. The highest BCUT2D eigenvalue weighted by atomic mass is 16.5. The Hall–Kier alpha value is -1.52. The topological polar surface area (TPSA) is 70.1 Å². The maximum absolute atomic E-state index is 11.6. The van der Waals surface area contributed by atoms with Gasteiger partial charge in [-0.25, -0.2) is 9.78 Å². The third-order valence-corrected chi connectivity index (χ3v) is 4.18. The third kappa shape index (κ3) is 2.60. The summed E-state index contributed by atoms with van der Waals surface area (Å²) in [6, 6.07) is 0.346. The van der Waals surface area contributed by atoms with Crippen molar-refractivity contribution in [1.82, 2.24) is 9.55 Å². The van der Waals surface area contributed by atoms with Crippen LogP contribution in [0.1, 0.15) is 61.9 Å².